The van der Waals surface area contributed by atoms with Gasteiger partial charge in [-0.25, -0.2) is 0 Å². The Morgan fingerprint density at radius 3 is 1.84 bits per heavy atom. The molecule has 0 bridgehead atoms. The summed E-state index contributed by atoms with van der Waals surface area (Å²) in [5.74, 6) is -0.458. The molecule has 9 heteroatoms. The Hall–Kier alpha value is -4.19. The number of ether oxygens (including phenoxy) is 7. The molecule has 2 fully saturated rings. The maximum atomic E-state index is 12.6. The monoisotopic (exact) mass is 694 g/mol. The number of benzene rings is 4. The normalized spacial score (nSPS) is 26.5. The van der Waals surface area contributed by atoms with Crippen LogP contribution in [0.25, 0.3) is 0 Å². The van der Waals surface area contributed by atoms with Crippen LogP contribution in [0.2, 0.25) is 0 Å². The number of carbonyl (C=O) groups is 1. The molecule has 0 aromatic heterocycles. The first kappa shape index (κ1) is 36.6. The summed E-state index contributed by atoms with van der Waals surface area (Å²) in [5, 5.41) is 10.7. The Balaban J connectivity index is 1.25. The van der Waals surface area contributed by atoms with Gasteiger partial charge in [0.05, 0.1) is 33.0 Å². The van der Waals surface area contributed by atoms with Crippen molar-refractivity contribution in [1.29, 1.82) is 0 Å². The lowest BCUT2D eigenvalue weighted by atomic mass is 9.92. The standard InChI is InChI=1S/C42H46O9/c1-30(43)49-40-37(24-14-23-36-35(44)28-48-42(51-36)34-21-12-5-13-22-34)50-38(29-45-25-31-15-6-2-7-16-31)39(46-26-32-17-8-3-9-18-32)41(40)47-27-33-19-10-4-11-20-33/h2-23,35-42,44H,24-29H2,1H3/b23-14+/t35-,36?,37-,38-,39+,40+,41+,42-/m1/s1. The van der Waals surface area contributed by atoms with Crippen molar-refractivity contribution in [1.82, 2.24) is 0 Å². The first-order valence-corrected chi connectivity index (χ1v) is 17.5. The van der Waals surface area contributed by atoms with Gasteiger partial charge in [0.2, 0.25) is 0 Å². The molecule has 6 rings (SSSR count). The van der Waals surface area contributed by atoms with Crippen LogP contribution in [0.3, 0.4) is 0 Å². The molecule has 8 atom stereocenters. The van der Waals surface area contributed by atoms with Crippen LogP contribution in [0, 0.1) is 0 Å². The molecular weight excluding hydrogens is 648 g/mol. The molecule has 2 aliphatic rings. The molecule has 4 aromatic rings. The Labute approximate surface area is 299 Å². The summed E-state index contributed by atoms with van der Waals surface area (Å²) in [4.78, 5) is 12.6. The van der Waals surface area contributed by atoms with Gasteiger partial charge in [0.1, 0.15) is 36.6 Å². The van der Waals surface area contributed by atoms with Crippen LogP contribution in [0.4, 0.5) is 0 Å². The number of esters is 1. The van der Waals surface area contributed by atoms with E-state index in [1.54, 1.807) is 0 Å². The zero-order chi connectivity index (χ0) is 35.3. The van der Waals surface area contributed by atoms with Gasteiger partial charge in [-0.05, 0) is 23.1 Å². The summed E-state index contributed by atoms with van der Waals surface area (Å²) >= 11 is 0. The third kappa shape index (κ3) is 10.7. The average molecular weight is 695 g/mol. The smallest absolute Gasteiger partial charge is 0.303 e. The van der Waals surface area contributed by atoms with E-state index in [1.165, 1.54) is 6.92 Å². The van der Waals surface area contributed by atoms with Crippen molar-refractivity contribution in [2.45, 2.75) is 82.2 Å². The Morgan fingerprint density at radius 2 is 1.25 bits per heavy atom. The van der Waals surface area contributed by atoms with Crippen LogP contribution in [0.15, 0.2) is 133 Å². The highest BCUT2D eigenvalue weighted by Crippen LogP contribution is 2.33. The lowest BCUT2D eigenvalue weighted by molar-refractivity contribution is -0.265. The molecule has 51 heavy (non-hydrogen) atoms. The summed E-state index contributed by atoms with van der Waals surface area (Å²) in [6.07, 6.45) is -1.33. The quantitative estimate of drug-likeness (QED) is 0.111. The maximum absolute atomic E-state index is 12.6. The number of hydrogen-bond donors (Lipinski definition) is 1. The predicted octanol–water partition coefficient (Wildman–Crippen LogP) is 6.49. The van der Waals surface area contributed by atoms with E-state index in [9.17, 15) is 9.90 Å². The van der Waals surface area contributed by atoms with E-state index in [4.69, 9.17) is 33.2 Å². The van der Waals surface area contributed by atoms with E-state index in [0.717, 1.165) is 22.3 Å². The van der Waals surface area contributed by atoms with E-state index in [-0.39, 0.29) is 19.8 Å². The van der Waals surface area contributed by atoms with E-state index in [2.05, 4.69) is 0 Å². The number of aliphatic hydroxyl groups excluding tert-OH is 1. The third-order valence-electron chi connectivity index (χ3n) is 8.84. The van der Waals surface area contributed by atoms with Crippen molar-refractivity contribution in [2.75, 3.05) is 13.2 Å². The van der Waals surface area contributed by atoms with E-state index in [0.29, 0.717) is 19.6 Å². The molecule has 0 radical (unpaired) electrons. The van der Waals surface area contributed by atoms with Gasteiger partial charge in [-0.15, -0.1) is 0 Å². The van der Waals surface area contributed by atoms with Crippen LogP contribution in [-0.2, 0) is 57.8 Å². The molecular formula is C42H46O9. The minimum absolute atomic E-state index is 0.126. The minimum Gasteiger partial charge on any atom is -0.457 e. The third-order valence-corrected chi connectivity index (χ3v) is 8.84. The van der Waals surface area contributed by atoms with Gasteiger partial charge in [-0.2, -0.15) is 0 Å². The number of aliphatic hydroxyl groups is 1. The second-order valence-corrected chi connectivity index (χ2v) is 12.7. The van der Waals surface area contributed by atoms with E-state index >= 15 is 0 Å². The maximum Gasteiger partial charge on any atom is 0.303 e. The highest BCUT2D eigenvalue weighted by Gasteiger charge is 2.49. The molecule has 0 aliphatic carbocycles. The van der Waals surface area contributed by atoms with Crippen molar-refractivity contribution in [2.24, 2.45) is 0 Å². The predicted molar refractivity (Wildman–Crippen MR) is 190 cm³/mol. The minimum atomic E-state index is -0.852. The highest BCUT2D eigenvalue weighted by atomic mass is 16.7. The molecule has 1 N–H and O–H groups in total. The van der Waals surface area contributed by atoms with Gasteiger partial charge >= 0.3 is 5.97 Å². The second-order valence-electron chi connectivity index (χ2n) is 12.7. The van der Waals surface area contributed by atoms with E-state index < -0.39 is 55.0 Å². The summed E-state index contributed by atoms with van der Waals surface area (Å²) in [6, 6.07) is 39.3. The summed E-state index contributed by atoms with van der Waals surface area (Å²) in [6.45, 7) is 2.69. The SMILES string of the molecule is CC(=O)O[C@@H]1[C@@H](OCc2ccccc2)[C@@H](OCc2ccccc2)[C@@H](COCc2ccccc2)O[C@@H]1C/C=C/C1O[C@H](c2ccccc2)OC[C@H]1O. The molecule has 2 heterocycles. The average Bonchev–Trinajstić information content (AvgIpc) is 3.16. The topological polar surface area (TPSA) is 102 Å². The van der Waals surface area contributed by atoms with Gasteiger partial charge < -0.3 is 38.3 Å². The van der Waals surface area contributed by atoms with Gasteiger partial charge in [-0.1, -0.05) is 133 Å². The largest absolute Gasteiger partial charge is 0.457 e. The molecule has 9 nitrogen and oxygen atoms in total. The van der Waals surface area contributed by atoms with Crippen LogP contribution in [0.1, 0.15) is 41.9 Å². The fraction of sp³-hybridized carbons (Fsp3) is 0.357. The van der Waals surface area contributed by atoms with Gasteiger partial charge in [0.15, 0.2) is 12.4 Å². The lowest BCUT2D eigenvalue weighted by Crippen LogP contribution is -2.61. The molecule has 4 aromatic carbocycles. The fourth-order valence-corrected chi connectivity index (χ4v) is 6.30. The number of hydrogen-bond acceptors (Lipinski definition) is 9. The van der Waals surface area contributed by atoms with Gasteiger partial charge in [0.25, 0.3) is 0 Å². The van der Waals surface area contributed by atoms with Crippen LogP contribution < -0.4 is 0 Å². The Bertz CT molecular complexity index is 1620. The first-order chi connectivity index (χ1) is 25.0. The molecule has 1 unspecified atom stereocenters. The zero-order valence-electron chi connectivity index (χ0n) is 28.8. The lowest BCUT2D eigenvalue weighted by Gasteiger charge is -2.45. The van der Waals surface area contributed by atoms with Crippen LogP contribution in [0.5, 0.6) is 0 Å². The summed E-state index contributed by atoms with van der Waals surface area (Å²) in [7, 11) is 0. The molecule has 2 saturated heterocycles. The Kier molecular flexibility index (Phi) is 13.5. The molecule has 2 aliphatic heterocycles. The highest BCUT2D eigenvalue weighted by molar-refractivity contribution is 5.66. The van der Waals surface area contributed by atoms with Gasteiger partial charge in [0, 0.05) is 12.5 Å². The number of carbonyl (C=O) groups excluding carboxylic acids is 1. The summed E-state index contributed by atoms with van der Waals surface area (Å²) < 4.78 is 44.1. The van der Waals surface area contributed by atoms with Crippen LogP contribution >= 0.6 is 0 Å². The first-order valence-electron chi connectivity index (χ1n) is 17.5. The fourth-order valence-electron chi connectivity index (χ4n) is 6.30. The van der Waals surface area contributed by atoms with Crippen molar-refractivity contribution in [3.8, 4) is 0 Å². The zero-order valence-corrected chi connectivity index (χ0v) is 28.8. The van der Waals surface area contributed by atoms with Crippen molar-refractivity contribution in [3.05, 3.63) is 156 Å². The second kappa shape index (κ2) is 18.9. The van der Waals surface area contributed by atoms with Crippen molar-refractivity contribution >= 4 is 5.97 Å². The molecule has 0 saturated carbocycles. The Morgan fingerprint density at radius 1 is 0.706 bits per heavy atom. The van der Waals surface area contributed by atoms with Crippen LogP contribution in [-0.4, -0.2) is 67.0 Å². The van der Waals surface area contributed by atoms with Crippen molar-refractivity contribution < 1.29 is 43.1 Å². The van der Waals surface area contributed by atoms with Gasteiger partial charge in [-0.3, -0.25) is 4.79 Å². The molecule has 0 amide bonds. The molecule has 0 spiro atoms. The van der Waals surface area contributed by atoms with E-state index in [1.807, 2.05) is 133 Å². The number of rotatable bonds is 15. The van der Waals surface area contributed by atoms with Crippen molar-refractivity contribution in [3.63, 3.8) is 0 Å². The molecule has 268 valence electrons. The summed E-state index contributed by atoms with van der Waals surface area (Å²) in [5.41, 5.74) is 3.86.